The summed E-state index contributed by atoms with van der Waals surface area (Å²) in [5.74, 6) is 1.16. The lowest BCUT2D eigenvalue weighted by Gasteiger charge is -2.25. The Kier molecular flexibility index (Phi) is 3.52. The zero-order valence-electron chi connectivity index (χ0n) is 8.67. The predicted molar refractivity (Wildman–Crippen MR) is 52.3 cm³/mol. The Morgan fingerprint density at radius 2 is 2.23 bits per heavy atom. The molecule has 1 fully saturated rings. The highest BCUT2D eigenvalue weighted by atomic mass is 16.5. The fourth-order valence-corrected chi connectivity index (χ4v) is 1.88. The zero-order chi connectivity index (χ0) is 9.84. The van der Waals surface area contributed by atoms with Crippen molar-refractivity contribution >= 4 is 5.78 Å². The van der Waals surface area contributed by atoms with Crippen LogP contribution in [0.25, 0.3) is 0 Å². The van der Waals surface area contributed by atoms with E-state index in [1.165, 1.54) is 0 Å². The van der Waals surface area contributed by atoms with Gasteiger partial charge in [-0.05, 0) is 25.2 Å². The van der Waals surface area contributed by atoms with Crippen molar-refractivity contribution in [3.8, 4) is 0 Å². The van der Waals surface area contributed by atoms with Gasteiger partial charge < -0.3 is 4.74 Å². The average Bonchev–Trinajstić information content (AvgIpc) is 2.02. The van der Waals surface area contributed by atoms with Gasteiger partial charge in [-0.15, -0.1) is 0 Å². The summed E-state index contributed by atoms with van der Waals surface area (Å²) >= 11 is 0. The van der Waals surface area contributed by atoms with Crippen molar-refractivity contribution in [3.63, 3.8) is 0 Å². The number of ketones is 1. The molecule has 1 aliphatic rings. The van der Waals surface area contributed by atoms with E-state index in [1.54, 1.807) is 6.26 Å². The molecule has 1 saturated carbocycles. The molecule has 2 unspecified atom stereocenters. The second kappa shape index (κ2) is 4.45. The Morgan fingerprint density at radius 1 is 1.54 bits per heavy atom. The summed E-state index contributed by atoms with van der Waals surface area (Å²) in [4.78, 5) is 11.6. The molecule has 0 heterocycles. The molecule has 0 spiro atoms. The van der Waals surface area contributed by atoms with Crippen LogP contribution in [-0.2, 0) is 9.53 Å². The van der Waals surface area contributed by atoms with Crippen LogP contribution in [0, 0.1) is 11.8 Å². The van der Waals surface area contributed by atoms with Crippen LogP contribution in [-0.4, -0.2) is 12.4 Å². The quantitative estimate of drug-likeness (QED) is 0.484. The summed E-state index contributed by atoms with van der Waals surface area (Å²) in [5.41, 5.74) is 0.875. The molecule has 0 N–H and O–H groups in total. The highest BCUT2D eigenvalue weighted by Gasteiger charge is 2.26. The molecule has 0 radical (unpaired) electrons. The van der Waals surface area contributed by atoms with Crippen LogP contribution in [0.15, 0.2) is 11.8 Å². The molecule has 13 heavy (non-hydrogen) atoms. The molecule has 0 aromatic carbocycles. The minimum Gasteiger partial charge on any atom is -0.501 e. The average molecular weight is 182 g/mol. The van der Waals surface area contributed by atoms with Gasteiger partial charge in [-0.25, -0.2) is 0 Å². The van der Waals surface area contributed by atoms with Gasteiger partial charge in [0.1, 0.15) is 0 Å². The number of allylic oxidation sites excluding steroid dienone is 1. The third-order valence-corrected chi connectivity index (χ3v) is 2.52. The molecule has 1 rings (SSSR count). The Hall–Kier alpha value is -0.790. The topological polar surface area (TPSA) is 26.3 Å². The maximum Gasteiger partial charge on any atom is 0.162 e. The van der Waals surface area contributed by atoms with Crippen LogP contribution in [0.3, 0.4) is 0 Å². The van der Waals surface area contributed by atoms with Crippen molar-refractivity contribution in [2.24, 2.45) is 11.8 Å². The van der Waals surface area contributed by atoms with Gasteiger partial charge in [0.25, 0.3) is 0 Å². The van der Waals surface area contributed by atoms with Crippen LogP contribution < -0.4 is 0 Å². The highest BCUT2D eigenvalue weighted by Crippen LogP contribution is 2.30. The summed E-state index contributed by atoms with van der Waals surface area (Å²) < 4.78 is 5.17. The minimum atomic E-state index is 0.264. The van der Waals surface area contributed by atoms with Crippen molar-refractivity contribution < 1.29 is 9.53 Å². The molecule has 74 valence electrons. The second-order valence-corrected chi connectivity index (χ2v) is 3.90. The molecule has 0 bridgehead atoms. The highest BCUT2D eigenvalue weighted by molar-refractivity contribution is 5.96. The number of hydrogen-bond donors (Lipinski definition) is 0. The molecule has 2 atom stereocenters. The van der Waals surface area contributed by atoms with Crippen molar-refractivity contribution in [1.82, 2.24) is 0 Å². The second-order valence-electron chi connectivity index (χ2n) is 3.90. The van der Waals surface area contributed by atoms with E-state index in [9.17, 15) is 4.79 Å². The summed E-state index contributed by atoms with van der Waals surface area (Å²) in [7, 11) is 0. The van der Waals surface area contributed by atoms with E-state index in [2.05, 4.69) is 13.8 Å². The van der Waals surface area contributed by atoms with E-state index >= 15 is 0 Å². The van der Waals surface area contributed by atoms with Gasteiger partial charge in [-0.2, -0.15) is 0 Å². The van der Waals surface area contributed by atoms with Gasteiger partial charge in [0, 0.05) is 12.0 Å². The lowest BCUT2D eigenvalue weighted by Crippen LogP contribution is -2.22. The standard InChI is InChI=1S/C11H18O2/c1-4-13-7-10-9(3)5-8(2)6-11(10)12/h7-9H,4-6H2,1-3H3. The smallest absolute Gasteiger partial charge is 0.162 e. The third kappa shape index (κ3) is 2.58. The molecule has 0 aromatic heterocycles. The molecule has 0 saturated heterocycles. The van der Waals surface area contributed by atoms with E-state index in [4.69, 9.17) is 4.74 Å². The number of ether oxygens (including phenoxy) is 1. The first-order valence-corrected chi connectivity index (χ1v) is 5.00. The molecule has 0 aromatic rings. The summed E-state index contributed by atoms with van der Waals surface area (Å²) in [6, 6.07) is 0. The predicted octanol–water partition coefficient (Wildman–Crippen LogP) is 2.54. The maximum absolute atomic E-state index is 11.6. The maximum atomic E-state index is 11.6. The van der Waals surface area contributed by atoms with Crippen molar-refractivity contribution in [3.05, 3.63) is 11.8 Å². The van der Waals surface area contributed by atoms with Crippen molar-refractivity contribution in [2.45, 2.75) is 33.6 Å². The van der Waals surface area contributed by atoms with Crippen LogP contribution in [0.5, 0.6) is 0 Å². The number of carbonyl (C=O) groups excluding carboxylic acids is 1. The zero-order valence-corrected chi connectivity index (χ0v) is 8.67. The molecule has 2 heteroatoms. The largest absolute Gasteiger partial charge is 0.501 e. The first kappa shape index (κ1) is 10.3. The molecule has 0 amide bonds. The first-order valence-electron chi connectivity index (χ1n) is 5.00. The Morgan fingerprint density at radius 3 is 2.77 bits per heavy atom. The van der Waals surface area contributed by atoms with E-state index in [-0.39, 0.29) is 5.78 Å². The summed E-state index contributed by atoms with van der Waals surface area (Å²) in [5, 5.41) is 0. The van der Waals surface area contributed by atoms with Gasteiger partial charge in [-0.3, -0.25) is 4.79 Å². The van der Waals surface area contributed by atoms with E-state index in [0.29, 0.717) is 24.9 Å². The van der Waals surface area contributed by atoms with Gasteiger partial charge in [0.15, 0.2) is 5.78 Å². The third-order valence-electron chi connectivity index (χ3n) is 2.52. The van der Waals surface area contributed by atoms with Gasteiger partial charge in [0.2, 0.25) is 0 Å². The first-order chi connectivity index (χ1) is 6.15. The Bertz CT molecular complexity index is 218. The fourth-order valence-electron chi connectivity index (χ4n) is 1.88. The SMILES string of the molecule is CCOC=C1C(=O)CC(C)CC1C. The molecule has 0 aliphatic heterocycles. The summed E-state index contributed by atoms with van der Waals surface area (Å²) in [6.07, 6.45) is 3.44. The lowest BCUT2D eigenvalue weighted by atomic mass is 9.79. The minimum absolute atomic E-state index is 0.264. The number of Topliss-reactive ketones (excluding diaryl/α,β-unsaturated/α-hetero) is 1. The fraction of sp³-hybridized carbons (Fsp3) is 0.727. The molecule has 1 aliphatic carbocycles. The van der Waals surface area contributed by atoms with Crippen LogP contribution in [0.1, 0.15) is 33.6 Å². The van der Waals surface area contributed by atoms with Crippen molar-refractivity contribution in [1.29, 1.82) is 0 Å². The Balaban J connectivity index is 2.67. The monoisotopic (exact) mass is 182 g/mol. The summed E-state index contributed by atoms with van der Waals surface area (Å²) in [6.45, 7) is 6.79. The number of carbonyl (C=O) groups is 1. The molecule has 2 nitrogen and oxygen atoms in total. The van der Waals surface area contributed by atoms with Gasteiger partial charge in [0.05, 0.1) is 12.9 Å². The number of hydrogen-bond acceptors (Lipinski definition) is 2. The Labute approximate surface area is 80.0 Å². The van der Waals surface area contributed by atoms with Gasteiger partial charge in [-0.1, -0.05) is 13.8 Å². The number of rotatable bonds is 2. The van der Waals surface area contributed by atoms with Crippen molar-refractivity contribution in [2.75, 3.05) is 6.61 Å². The van der Waals surface area contributed by atoms with Crippen LogP contribution in [0.4, 0.5) is 0 Å². The van der Waals surface area contributed by atoms with Crippen LogP contribution >= 0.6 is 0 Å². The van der Waals surface area contributed by atoms with E-state index in [1.807, 2.05) is 6.92 Å². The molecular formula is C11H18O2. The lowest BCUT2D eigenvalue weighted by molar-refractivity contribution is -0.118. The van der Waals surface area contributed by atoms with E-state index < -0.39 is 0 Å². The normalized spacial score (nSPS) is 32.2. The van der Waals surface area contributed by atoms with Crippen LogP contribution in [0.2, 0.25) is 0 Å². The van der Waals surface area contributed by atoms with Gasteiger partial charge >= 0.3 is 0 Å². The van der Waals surface area contributed by atoms with E-state index in [0.717, 1.165) is 12.0 Å². The molecular weight excluding hydrogens is 164 g/mol.